The summed E-state index contributed by atoms with van der Waals surface area (Å²) in [6.07, 6.45) is 3.58. The van der Waals surface area contributed by atoms with Gasteiger partial charge in [-0.2, -0.15) is 0 Å². The van der Waals surface area contributed by atoms with Gasteiger partial charge in [0, 0.05) is 17.9 Å². The number of benzene rings is 1. The topological polar surface area (TPSA) is 66.9 Å². The highest BCUT2D eigenvalue weighted by molar-refractivity contribution is 7.15. The number of anilines is 1. The SMILES string of the molecule is CC(CC(=O)Nc1nnc(Cc2cccc(Cl)c2)s1)C1CCCNC1.Cl. The largest absolute Gasteiger partial charge is 0.316 e. The molecule has 8 heteroatoms. The summed E-state index contributed by atoms with van der Waals surface area (Å²) < 4.78 is 0. The van der Waals surface area contributed by atoms with Crippen molar-refractivity contribution in [3.63, 3.8) is 0 Å². The van der Waals surface area contributed by atoms with Crippen molar-refractivity contribution in [2.75, 3.05) is 18.4 Å². The zero-order chi connectivity index (χ0) is 17.6. The predicted octanol–water partition coefficient (Wildman–Crippen LogP) is 4.17. The highest BCUT2D eigenvalue weighted by Crippen LogP contribution is 2.24. The first kappa shape index (κ1) is 21.1. The van der Waals surface area contributed by atoms with E-state index in [1.165, 1.54) is 24.2 Å². The van der Waals surface area contributed by atoms with Crippen molar-refractivity contribution >= 4 is 46.4 Å². The van der Waals surface area contributed by atoms with E-state index in [2.05, 4.69) is 27.8 Å². The second-order valence-corrected chi connectivity index (χ2v) is 8.14. The van der Waals surface area contributed by atoms with Gasteiger partial charge in [0.2, 0.25) is 11.0 Å². The molecule has 0 spiro atoms. The van der Waals surface area contributed by atoms with E-state index >= 15 is 0 Å². The maximum absolute atomic E-state index is 12.3. The van der Waals surface area contributed by atoms with Crippen molar-refractivity contribution in [1.82, 2.24) is 15.5 Å². The summed E-state index contributed by atoms with van der Waals surface area (Å²) in [5.41, 5.74) is 1.08. The number of hydrogen-bond acceptors (Lipinski definition) is 5. The molecule has 0 saturated carbocycles. The van der Waals surface area contributed by atoms with E-state index in [0.29, 0.717) is 34.8 Å². The first-order valence-electron chi connectivity index (χ1n) is 8.67. The van der Waals surface area contributed by atoms with E-state index in [9.17, 15) is 4.79 Å². The van der Waals surface area contributed by atoms with E-state index in [4.69, 9.17) is 11.6 Å². The molecule has 0 bridgehead atoms. The number of carbonyl (C=O) groups excluding carboxylic acids is 1. The molecule has 1 saturated heterocycles. The molecule has 142 valence electrons. The fraction of sp³-hybridized carbons (Fsp3) is 0.500. The minimum atomic E-state index is 0. The molecule has 1 amide bonds. The zero-order valence-corrected chi connectivity index (χ0v) is 17.1. The Hall–Kier alpha value is -1.21. The lowest BCUT2D eigenvalue weighted by Gasteiger charge is -2.27. The van der Waals surface area contributed by atoms with E-state index < -0.39 is 0 Å². The highest BCUT2D eigenvalue weighted by atomic mass is 35.5. The number of carbonyl (C=O) groups is 1. The van der Waals surface area contributed by atoms with Gasteiger partial charge in [-0.15, -0.1) is 22.6 Å². The zero-order valence-electron chi connectivity index (χ0n) is 14.7. The third-order valence-corrected chi connectivity index (χ3v) is 5.68. The van der Waals surface area contributed by atoms with Crippen LogP contribution in [0.2, 0.25) is 5.02 Å². The van der Waals surface area contributed by atoms with Gasteiger partial charge in [0.1, 0.15) is 5.01 Å². The molecule has 1 aromatic carbocycles. The fourth-order valence-electron chi connectivity index (χ4n) is 3.19. The van der Waals surface area contributed by atoms with Crippen molar-refractivity contribution in [2.45, 2.75) is 32.6 Å². The molecule has 1 aliphatic rings. The number of hydrogen-bond donors (Lipinski definition) is 2. The lowest BCUT2D eigenvalue weighted by atomic mass is 9.85. The maximum Gasteiger partial charge on any atom is 0.226 e. The number of rotatable bonds is 6. The molecule has 0 radical (unpaired) electrons. The molecular formula is C18H24Cl2N4OS. The number of halogens is 2. The fourth-order valence-corrected chi connectivity index (χ4v) is 4.19. The van der Waals surface area contributed by atoms with Gasteiger partial charge >= 0.3 is 0 Å². The van der Waals surface area contributed by atoms with E-state index in [1.807, 2.05) is 24.3 Å². The Bertz CT molecular complexity index is 719. The van der Waals surface area contributed by atoms with Crippen LogP contribution in [-0.2, 0) is 11.2 Å². The van der Waals surface area contributed by atoms with E-state index in [0.717, 1.165) is 23.7 Å². The molecule has 0 aliphatic carbocycles. The molecule has 1 fully saturated rings. The molecule has 2 N–H and O–H groups in total. The molecule has 5 nitrogen and oxygen atoms in total. The minimum absolute atomic E-state index is 0. The van der Waals surface area contributed by atoms with Crippen LogP contribution in [0.4, 0.5) is 5.13 Å². The van der Waals surface area contributed by atoms with Gasteiger partial charge in [0.15, 0.2) is 0 Å². The molecule has 26 heavy (non-hydrogen) atoms. The highest BCUT2D eigenvalue weighted by Gasteiger charge is 2.22. The summed E-state index contributed by atoms with van der Waals surface area (Å²) in [5.74, 6) is 0.961. The van der Waals surface area contributed by atoms with Crippen molar-refractivity contribution in [2.24, 2.45) is 11.8 Å². The summed E-state index contributed by atoms with van der Waals surface area (Å²) in [6.45, 7) is 4.26. The van der Waals surface area contributed by atoms with Crippen molar-refractivity contribution in [1.29, 1.82) is 0 Å². The van der Waals surface area contributed by atoms with Crippen LogP contribution in [0, 0.1) is 11.8 Å². The average Bonchev–Trinajstić information content (AvgIpc) is 3.02. The number of nitrogens with one attached hydrogen (secondary N) is 2. The van der Waals surface area contributed by atoms with Gasteiger partial charge in [-0.1, -0.05) is 42.0 Å². The molecule has 3 rings (SSSR count). The van der Waals surface area contributed by atoms with E-state index in [-0.39, 0.29) is 18.3 Å². The van der Waals surface area contributed by atoms with Crippen LogP contribution in [0.1, 0.15) is 36.8 Å². The third kappa shape index (κ3) is 6.20. The molecule has 2 unspecified atom stereocenters. The van der Waals surface area contributed by atoms with Gasteiger partial charge in [-0.3, -0.25) is 4.79 Å². The van der Waals surface area contributed by atoms with Gasteiger partial charge in [-0.25, -0.2) is 0 Å². The predicted molar refractivity (Wildman–Crippen MR) is 109 cm³/mol. The van der Waals surface area contributed by atoms with Gasteiger partial charge in [-0.05, 0) is 55.5 Å². The number of amides is 1. The Kier molecular flexibility index (Phi) is 8.28. The maximum atomic E-state index is 12.3. The van der Waals surface area contributed by atoms with Crippen LogP contribution in [0.5, 0.6) is 0 Å². The van der Waals surface area contributed by atoms with Crippen molar-refractivity contribution in [3.05, 3.63) is 39.9 Å². The van der Waals surface area contributed by atoms with Crippen molar-refractivity contribution in [3.8, 4) is 0 Å². The van der Waals surface area contributed by atoms with Crippen LogP contribution in [0.15, 0.2) is 24.3 Å². The summed E-state index contributed by atoms with van der Waals surface area (Å²) >= 11 is 7.42. The normalized spacial score (nSPS) is 18.0. The van der Waals surface area contributed by atoms with Crippen LogP contribution in [0.3, 0.4) is 0 Å². The average molecular weight is 415 g/mol. The molecule has 1 aromatic heterocycles. The van der Waals surface area contributed by atoms with Gasteiger partial charge in [0.25, 0.3) is 0 Å². The Morgan fingerprint density at radius 3 is 3.04 bits per heavy atom. The number of nitrogens with zero attached hydrogens (tertiary/aromatic N) is 2. The summed E-state index contributed by atoms with van der Waals surface area (Å²) in [5, 5.41) is 16.7. The van der Waals surface area contributed by atoms with Crippen LogP contribution >= 0.6 is 35.3 Å². The number of piperidine rings is 1. The lowest BCUT2D eigenvalue weighted by Crippen LogP contribution is -2.34. The Morgan fingerprint density at radius 2 is 2.31 bits per heavy atom. The first-order chi connectivity index (χ1) is 12.1. The van der Waals surface area contributed by atoms with Crippen LogP contribution < -0.4 is 10.6 Å². The smallest absolute Gasteiger partial charge is 0.226 e. The Balaban J connectivity index is 0.00000243. The quantitative estimate of drug-likeness (QED) is 0.743. The van der Waals surface area contributed by atoms with E-state index in [1.54, 1.807) is 0 Å². The van der Waals surface area contributed by atoms with Gasteiger partial charge < -0.3 is 10.6 Å². The molecule has 2 heterocycles. The van der Waals surface area contributed by atoms with Crippen LogP contribution in [-0.4, -0.2) is 29.2 Å². The molecule has 2 atom stereocenters. The summed E-state index contributed by atoms with van der Waals surface area (Å²) in [4.78, 5) is 12.3. The third-order valence-electron chi connectivity index (χ3n) is 4.60. The first-order valence-corrected chi connectivity index (χ1v) is 9.87. The minimum Gasteiger partial charge on any atom is -0.316 e. The Labute approximate surface area is 169 Å². The monoisotopic (exact) mass is 414 g/mol. The molecular weight excluding hydrogens is 391 g/mol. The second-order valence-electron chi connectivity index (χ2n) is 6.64. The number of aromatic nitrogens is 2. The van der Waals surface area contributed by atoms with Crippen LogP contribution in [0.25, 0.3) is 0 Å². The lowest BCUT2D eigenvalue weighted by molar-refractivity contribution is -0.117. The Morgan fingerprint density at radius 1 is 1.46 bits per heavy atom. The van der Waals surface area contributed by atoms with Gasteiger partial charge in [0.05, 0.1) is 0 Å². The molecule has 1 aliphatic heterocycles. The molecule has 2 aromatic rings. The van der Waals surface area contributed by atoms with Crippen molar-refractivity contribution < 1.29 is 4.79 Å². The second kappa shape index (κ2) is 10.2. The summed E-state index contributed by atoms with van der Waals surface area (Å²) in [7, 11) is 0. The summed E-state index contributed by atoms with van der Waals surface area (Å²) in [6, 6.07) is 7.69. The standard InChI is InChI=1S/C18H23ClN4OS.ClH/c1-12(14-5-3-7-20-11-14)8-16(24)21-18-23-22-17(25-18)10-13-4-2-6-15(19)9-13;/h2,4,6,9,12,14,20H,3,5,7-8,10-11H2,1H3,(H,21,23,24);1H.